The molecule has 1 fully saturated rings. The number of aromatic nitrogens is 3. The number of aliphatic hydroxyl groups is 1. The standard InChI is InChI=1S/C20H23N5O2/c1-14-5-9-25-12-15(22-19(25)10-14)11-24-8-6-16(18(26)13-24)23-20(27)17-4-2-3-7-21-17/h2-5,7,9-10,12,16,18,26H,6,8,11,13H2,1H3,(H,23,27)/t16-,18-/m1/s1. The third-order valence-electron chi connectivity index (χ3n) is 4.93. The first-order chi connectivity index (χ1) is 13.1. The van der Waals surface area contributed by atoms with Crippen molar-refractivity contribution >= 4 is 11.6 Å². The van der Waals surface area contributed by atoms with Gasteiger partial charge in [0.1, 0.15) is 11.3 Å². The molecule has 4 rings (SSSR count). The van der Waals surface area contributed by atoms with Crippen molar-refractivity contribution in [3.05, 3.63) is 65.9 Å². The van der Waals surface area contributed by atoms with Crippen LogP contribution in [0.15, 0.2) is 48.9 Å². The number of hydrogen-bond donors (Lipinski definition) is 2. The van der Waals surface area contributed by atoms with E-state index in [0.717, 1.165) is 17.9 Å². The highest BCUT2D eigenvalue weighted by Gasteiger charge is 2.29. The van der Waals surface area contributed by atoms with Gasteiger partial charge in [0.05, 0.1) is 17.8 Å². The fourth-order valence-electron chi connectivity index (χ4n) is 3.49. The molecule has 27 heavy (non-hydrogen) atoms. The number of carbonyl (C=O) groups excluding carboxylic acids is 1. The number of rotatable bonds is 4. The molecule has 0 aromatic carbocycles. The van der Waals surface area contributed by atoms with Crippen molar-refractivity contribution < 1.29 is 9.90 Å². The Morgan fingerprint density at radius 2 is 2.26 bits per heavy atom. The van der Waals surface area contributed by atoms with Crippen LogP contribution in [0.1, 0.15) is 28.2 Å². The van der Waals surface area contributed by atoms with Crippen LogP contribution in [0.2, 0.25) is 0 Å². The number of fused-ring (bicyclic) bond motifs is 1. The lowest BCUT2D eigenvalue weighted by Crippen LogP contribution is -2.53. The Morgan fingerprint density at radius 1 is 1.37 bits per heavy atom. The summed E-state index contributed by atoms with van der Waals surface area (Å²) in [5.74, 6) is -0.246. The van der Waals surface area contributed by atoms with Gasteiger partial charge in [0.2, 0.25) is 0 Å². The van der Waals surface area contributed by atoms with Gasteiger partial charge < -0.3 is 14.8 Å². The van der Waals surface area contributed by atoms with Crippen molar-refractivity contribution in [2.75, 3.05) is 13.1 Å². The van der Waals surface area contributed by atoms with Gasteiger partial charge in [0.15, 0.2) is 0 Å². The van der Waals surface area contributed by atoms with Crippen LogP contribution in [-0.2, 0) is 6.54 Å². The molecule has 0 aliphatic carbocycles. The molecule has 3 aromatic rings. The molecule has 140 valence electrons. The average molecular weight is 365 g/mol. The molecule has 7 nitrogen and oxygen atoms in total. The number of amides is 1. The zero-order valence-corrected chi connectivity index (χ0v) is 15.2. The topological polar surface area (TPSA) is 82.8 Å². The molecule has 0 unspecified atom stereocenters. The van der Waals surface area contributed by atoms with Crippen LogP contribution in [0.5, 0.6) is 0 Å². The van der Waals surface area contributed by atoms with Crippen LogP contribution >= 0.6 is 0 Å². The predicted octanol–water partition coefficient (Wildman–Crippen LogP) is 1.40. The molecule has 0 saturated carbocycles. The first-order valence-electron chi connectivity index (χ1n) is 9.15. The highest BCUT2D eigenvalue weighted by Crippen LogP contribution is 2.16. The van der Waals surface area contributed by atoms with E-state index in [0.29, 0.717) is 25.2 Å². The number of nitrogens with zero attached hydrogens (tertiary/aromatic N) is 4. The van der Waals surface area contributed by atoms with Gasteiger partial charge in [-0.1, -0.05) is 6.07 Å². The molecule has 3 aromatic heterocycles. The molecule has 4 heterocycles. The second kappa shape index (κ2) is 7.46. The first-order valence-corrected chi connectivity index (χ1v) is 9.15. The van der Waals surface area contributed by atoms with Crippen LogP contribution in [0, 0.1) is 6.92 Å². The van der Waals surface area contributed by atoms with Gasteiger partial charge in [-0.25, -0.2) is 4.98 Å². The molecule has 2 N–H and O–H groups in total. The summed E-state index contributed by atoms with van der Waals surface area (Å²) in [6, 6.07) is 9.05. The maximum absolute atomic E-state index is 12.2. The van der Waals surface area contributed by atoms with Gasteiger partial charge in [-0.3, -0.25) is 14.7 Å². The van der Waals surface area contributed by atoms with Gasteiger partial charge in [-0.05, 0) is 43.2 Å². The third-order valence-corrected chi connectivity index (χ3v) is 4.93. The van der Waals surface area contributed by atoms with E-state index in [1.807, 2.05) is 16.8 Å². The van der Waals surface area contributed by atoms with Gasteiger partial charge in [0, 0.05) is 38.2 Å². The fraction of sp³-hybridized carbons (Fsp3) is 0.350. The minimum Gasteiger partial charge on any atom is -0.390 e. The van der Waals surface area contributed by atoms with Gasteiger partial charge in [-0.2, -0.15) is 0 Å². The fourth-order valence-corrected chi connectivity index (χ4v) is 3.49. The van der Waals surface area contributed by atoms with Gasteiger partial charge in [0.25, 0.3) is 5.91 Å². The average Bonchev–Trinajstić information content (AvgIpc) is 3.06. The normalized spacial score (nSPS) is 20.7. The molecule has 1 aliphatic heterocycles. The zero-order valence-electron chi connectivity index (χ0n) is 15.2. The number of likely N-dealkylation sites (tertiary alicyclic amines) is 1. The van der Waals surface area contributed by atoms with Crippen LogP contribution in [0.4, 0.5) is 0 Å². The van der Waals surface area contributed by atoms with E-state index in [1.54, 1.807) is 24.4 Å². The van der Waals surface area contributed by atoms with E-state index >= 15 is 0 Å². The largest absolute Gasteiger partial charge is 0.390 e. The summed E-state index contributed by atoms with van der Waals surface area (Å²) >= 11 is 0. The Labute approximate surface area is 157 Å². The van der Waals surface area contributed by atoms with E-state index < -0.39 is 6.10 Å². The number of β-amino-alcohol motifs (C(OH)–C–C–N with tert-alkyl or cyclic N) is 1. The molecule has 7 heteroatoms. The van der Waals surface area contributed by atoms with Crippen molar-refractivity contribution in [2.24, 2.45) is 0 Å². The summed E-state index contributed by atoms with van der Waals surface area (Å²) < 4.78 is 2.01. The molecule has 0 radical (unpaired) electrons. The van der Waals surface area contributed by atoms with Crippen molar-refractivity contribution in [1.82, 2.24) is 24.6 Å². The van der Waals surface area contributed by atoms with E-state index in [1.165, 1.54) is 5.56 Å². The summed E-state index contributed by atoms with van der Waals surface area (Å²) in [5.41, 5.74) is 3.46. The van der Waals surface area contributed by atoms with E-state index in [4.69, 9.17) is 0 Å². The molecular formula is C20H23N5O2. The highest BCUT2D eigenvalue weighted by atomic mass is 16.3. The van der Waals surface area contributed by atoms with E-state index in [2.05, 4.69) is 39.2 Å². The monoisotopic (exact) mass is 365 g/mol. The maximum atomic E-state index is 12.2. The third kappa shape index (κ3) is 3.99. The van der Waals surface area contributed by atoms with E-state index in [-0.39, 0.29) is 11.9 Å². The lowest BCUT2D eigenvalue weighted by molar-refractivity contribution is 0.0344. The first kappa shape index (κ1) is 17.6. The molecule has 0 bridgehead atoms. The number of carbonyl (C=O) groups is 1. The quantitative estimate of drug-likeness (QED) is 0.730. The summed E-state index contributed by atoms with van der Waals surface area (Å²) in [6.45, 7) is 4.02. The number of imidazole rings is 1. The van der Waals surface area contributed by atoms with Gasteiger partial charge in [-0.15, -0.1) is 0 Å². The number of aliphatic hydroxyl groups excluding tert-OH is 1. The van der Waals surface area contributed by atoms with Gasteiger partial charge >= 0.3 is 0 Å². The number of nitrogens with one attached hydrogen (secondary N) is 1. The maximum Gasteiger partial charge on any atom is 0.270 e. The van der Waals surface area contributed by atoms with Crippen LogP contribution in [0.3, 0.4) is 0 Å². The number of aryl methyl sites for hydroxylation is 1. The zero-order chi connectivity index (χ0) is 18.8. The molecule has 2 atom stereocenters. The van der Waals surface area contributed by atoms with Crippen molar-refractivity contribution in [1.29, 1.82) is 0 Å². The van der Waals surface area contributed by atoms with Crippen molar-refractivity contribution in [3.8, 4) is 0 Å². The number of hydrogen-bond acceptors (Lipinski definition) is 5. The second-order valence-corrected chi connectivity index (χ2v) is 7.09. The smallest absolute Gasteiger partial charge is 0.270 e. The van der Waals surface area contributed by atoms with Crippen LogP contribution in [0.25, 0.3) is 5.65 Å². The lowest BCUT2D eigenvalue weighted by atomic mass is 10.0. The Balaban J connectivity index is 1.36. The molecule has 1 amide bonds. The highest BCUT2D eigenvalue weighted by molar-refractivity contribution is 5.92. The summed E-state index contributed by atoms with van der Waals surface area (Å²) in [7, 11) is 0. The summed E-state index contributed by atoms with van der Waals surface area (Å²) in [5, 5.41) is 13.4. The Bertz CT molecular complexity index is 940. The minimum absolute atomic E-state index is 0.246. The lowest BCUT2D eigenvalue weighted by Gasteiger charge is -2.35. The Hall–Kier alpha value is -2.77. The second-order valence-electron chi connectivity index (χ2n) is 7.09. The Morgan fingerprint density at radius 3 is 3.04 bits per heavy atom. The molecule has 1 aliphatic rings. The van der Waals surface area contributed by atoms with E-state index in [9.17, 15) is 9.90 Å². The van der Waals surface area contributed by atoms with Crippen LogP contribution in [-0.4, -0.2) is 55.5 Å². The predicted molar refractivity (Wildman–Crippen MR) is 101 cm³/mol. The molecular weight excluding hydrogens is 342 g/mol. The number of piperidine rings is 1. The Kier molecular flexibility index (Phi) is 4.87. The summed E-state index contributed by atoms with van der Waals surface area (Å²) in [6.07, 6.45) is 5.69. The molecule has 1 saturated heterocycles. The molecule has 0 spiro atoms. The van der Waals surface area contributed by atoms with Crippen LogP contribution < -0.4 is 5.32 Å². The minimum atomic E-state index is -0.620. The summed E-state index contributed by atoms with van der Waals surface area (Å²) in [4.78, 5) is 23.1. The SMILES string of the molecule is Cc1ccn2cc(CN3CC[C@@H](NC(=O)c4ccccn4)[C@H](O)C3)nc2c1. The number of pyridine rings is 2. The van der Waals surface area contributed by atoms with Crippen molar-refractivity contribution in [3.63, 3.8) is 0 Å². The van der Waals surface area contributed by atoms with Crippen molar-refractivity contribution in [2.45, 2.75) is 32.0 Å².